The van der Waals surface area contributed by atoms with Crippen LogP contribution in [0, 0.1) is 10.1 Å². The van der Waals surface area contributed by atoms with Crippen molar-refractivity contribution in [2.24, 2.45) is 0 Å². The summed E-state index contributed by atoms with van der Waals surface area (Å²) in [5.41, 5.74) is 3.44. The van der Waals surface area contributed by atoms with E-state index in [9.17, 15) is 10.1 Å². The van der Waals surface area contributed by atoms with Crippen LogP contribution in [0.1, 0.15) is 17.2 Å². The summed E-state index contributed by atoms with van der Waals surface area (Å²) >= 11 is 0. The van der Waals surface area contributed by atoms with Gasteiger partial charge in [0.05, 0.1) is 18.1 Å². The Labute approximate surface area is 188 Å². The summed E-state index contributed by atoms with van der Waals surface area (Å²) in [7, 11) is 3.75. The number of hydrogen-bond donors (Lipinski definition) is 1. The molecule has 0 saturated carbocycles. The maximum absolute atomic E-state index is 11.9. The number of nitro groups is 1. The lowest BCUT2D eigenvalue weighted by atomic mass is 9.97. The molecule has 166 valence electrons. The van der Waals surface area contributed by atoms with E-state index in [-0.39, 0.29) is 16.7 Å². The molecule has 7 heteroatoms. The van der Waals surface area contributed by atoms with Gasteiger partial charge in [0.25, 0.3) is 5.69 Å². The molecular formula is C25H28N4O3. The Morgan fingerprint density at radius 2 is 1.66 bits per heavy atom. The van der Waals surface area contributed by atoms with Crippen LogP contribution >= 0.6 is 0 Å². The number of nitrogens with one attached hydrogen (secondary N) is 1. The van der Waals surface area contributed by atoms with Gasteiger partial charge in [0.15, 0.2) is 0 Å². The number of benzene rings is 3. The quantitative estimate of drug-likeness (QED) is 0.436. The summed E-state index contributed by atoms with van der Waals surface area (Å²) in [6.07, 6.45) is 0. The zero-order valence-corrected chi connectivity index (χ0v) is 18.4. The van der Waals surface area contributed by atoms with Gasteiger partial charge in [-0.15, -0.1) is 0 Å². The Hall–Kier alpha value is -3.58. The standard InChI is InChI=1S/C25H28N4O3/c1-27-14-16-28(17-15-27)20-12-13-23(29(30)31)22(18-20)26-25(19-8-4-3-5-9-19)21-10-6-7-11-24(21)32-2/h3-13,18,25-26H,14-17H2,1-2H3. The molecule has 0 amide bonds. The van der Waals surface area contributed by atoms with Gasteiger partial charge in [-0.2, -0.15) is 0 Å². The highest BCUT2D eigenvalue weighted by molar-refractivity contribution is 5.70. The number of ether oxygens (including phenoxy) is 1. The molecule has 1 heterocycles. The first-order valence-electron chi connectivity index (χ1n) is 10.7. The van der Waals surface area contributed by atoms with E-state index in [1.54, 1.807) is 13.2 Å². The summed E-state index contributed by atoms with van der Waals surface area (Å²) in [4.78, 5) is 16.1. The van der Waals surface area contributed by atoms with Crippen LogP contribution in [-0.2, 0) is 0 Å². The van der Waals surface area contributed by atoms with E-state index in [4.69, 9.17) is 4.74 Å². The minimum Gasteiger partial charge on any atom is -0.496 e. The molecule has 0 bridgehead atoms. The molecule has 1 atom stereocenters. The van der Waals surface area contributed by atoms with Crippen LogP contribution in [0.2, 0.25) is 0 Å². The summed E-state index contributed by atoms with van der Waals surface area (Å²) in [6, 6.07) is 22.7. The van der Waals surface area contributed by atoms with Crippen molar-refractivity contribution in [2.45, 2.75) is 6.04 Å². The normalized spacial score (nSPS) is 15.2. The van der Waals surface area contributed by atoms with Gasteiger partial charge in [0.1, 0.15) is 11.4 Å². The number of hydrogen-bond acceptors (Lipinski definition) is 6. The van der Waals surface area contributed by atoms with Crippen molar-refractivity contribution < 1.29 is 9.66 Å². The zero-order valence-electron chi connectivity index (χ0n) is 18.4. The van der Waals surface area contributed by atoms with Crippen LogP contribution in [-0.4, -0.2) is 50.2 Å². The molecule has 0 radical (unpaired) electrons. The third kappa shape index (κ3) is 4.68. The fraction of sp³-hybridized carbons (Fsp3) is 0.280. The van der Waals surface area contributed by atoms with Crippen molar-refractivity contribution in [1.29, 1.82) is 0 Å². The maximum Gasteiger partial charge on any atom is 0.292 e. The monoisotopic (exact) mass is 432 g/mol. The number of rotatable bonds is 7. The summed E-state index contributed by atoms with van der Waals surface area (Å²) in [5.74, 6) is 0.728. The van der Waals surface area contributed by atoms with Crippen LogP contribution in [0.15, 0.2) is 72.8 Å². The van der Waals surface area contributed by atoms with Crippen LogP contribution in [0.4, 0.5) is 17.1 Å². The average molecular weight is 433 g/mol. The lowest BCUT2D eigenvalue weighted by Crippen LogP contribution is -2.44. The van der Waals surface area contributed by atoms with Crippen molar-refractivity contribution in [2.75, 3.05) is 50.6 Å². The number of methoxy groups -OCH3 is 1. The summed E-state index contributed by atoms with van der Waals surface area (Å²) in [6.45, 7) is 3.71. The molecule has 3 aromatic carbocycles. The lowest BCUT2D eigenvalue weighted by Gasteiger charge is -2.34. The number of likely N-dealkylation sites (N-methyl/N-ethyl adjacent to an activating group) is 1. The minimum absolute atomic E-state index is 0.0544. The van der Waals surface area contributed by atoms with E-state index in [0.29, 0.717) is 5.69 Å². The Bertz CT molecular complexity index is 1070. The molecule has 0 aliphatic carbocycles. The van der Waals surface area contributed by atoms with E-state index in [1.807, 2.05) is 66.7 Å². The second-order valence-electron chi connectivity index (χ2n) is 7.98. The molecule has 1 unspecified atom stereocenters. The molecule has 0 aromatic heterocycles. The molecule has 1 fully saturated rings. The average Bonchev–Trinajstić information content (AvgIpc) is 2.83. The first-order valence-corrected chi connectivity index (χ1v) is 10.7. The Kier molecular flexibility index (Phi) is 6.56. The molecule has 1 saturated heterocycles. The number of piperazine rings is 1. The Morgan fingerprint density at radius 3 is 2.34 bits per heavy atom. The number of anilines is 2. The van der Waals surface area contributed by atoms with Gasteiger partial charge in [-0.05, 0) is 30.8 Å². The molecule has 3 aromatic rings. The number of nitrogens with zero attached hydrogens (tertiary/aromatic N) is 3. The first kappa shape index (κ1) is 21.6. The van der Waals surface area contributed by atoms with Crippen molar-refractivity contribution >= 4 is 17.1 Å². The molecule has 1 N–H and O–H groups in total. The highest BCUT2D eigenvalue weighted by Crippen LogP contribution is 2.37. The fourth-order valence-electron chi connectivity index (χ4n) is 4.11. The molecular weight excluding hydrogens is 404 g/mol. The molecule has 1 aliphatic rings. The highest BCUT2D eigenvalue weighted by Gasteiger charge is 2.24. The lowest BCUT2D eigenvalue weighted by molar-refractivity contribution is -0.384. The molecule has 0 spiro atoms. The predicted octanol–water partition coefficient (Wildman–Crippen LogP) is 4.56. The SMILES string of the molecule is COc1ccccc1C(Nc1cc(N2CCN(C)CC2)ccc1[N+](=O)[O-])c1ccccc1. The maximum atomic E-state index is 11.9. The fourth-order valence-corrected chi connectivity index (χ4v) is 4.11. The second-order valence-corrected chi connectivity index (χ2v) is 7.98. The topological polar surface area (TPSA) is 70.9 Å². The van der Waals surface area contributed by atoms with Gasteiger partial charge in [-0.1, -0.05) is 48.5 Å². The zero-order chi connectivity index (χ0) is 22.5. The number of nitro benzene ring substituents is 1. The molecule has 7 nitrogen and oxygen atoms in total. The van der Waals surface area contributed by atoms with Gasteiger partial charge in [-0.25, -0.2) is 0 Å². The van der Waals surface area contributed by atoms with Gasteiger partial charge in [0.2, 0.25) is 0 Å². The van der Waals surface area contributed by atoms with Crippen LogP contribution in [0.25, 0.3) is 0 Å². The molecule has 1 aliphatic heterocycles. The summed E-state index contributed by atoms with van der Waals surface area (Å²) < 4.78 is 5.61. The van der Waals surface area contributed by atoms with Crippen molar-refractivity contribution in [1.82, 2.24) is 4.90 Å². The second kappa shape index (κ2) is 9.70. The van der Waals surface area contributed by atoms with Gasteiger partial charge in [0, 0.05) is 43.5 Å². The summed E-state index contributed by atoms with van der Waals surface area (Å²) in [5, 5.41) is 15.3. The van der Waals surface area contributed by atoms with E-state index >= 15 is 0 Å². The van der Waals surface area contributed by atoms with Crippen molar-refractivity contribution in [3.63, 3.8) is 0 Å². The smallest absolute Gasteiger partial charge is 0.292 e. The molecule has 4 rings (SSSR count). The van der Waals surface area contributed by atoms with Gasteiger partial charge in [-0.3, -0.25) is 10.1 Å². The Morgan fingerprint density at radius 1 is 0.969 bits per heavy atom. The Balaban J connectivity index is 1.75. The van der Waals surface area contributed by atoms with Crippen molar-refractivity contribution in [3.8, 4) is 5.75 Å². The highest BCUT2D eigenvalue weighted by atomic mass is 16.6. The van der Waals surface area contributed by atoms with E-state index in [2.05, 4.69) is 22.2 Å². The third-order valence-corrected chi connectivity index (χ3v) is 5.93. The third-order valence-electron chi connectivity index (χ3n) is 5.93. The van der Waals surface area contributed by atoms with E-state index < -0.39 is 0 Å². The van der Waals surface area contributed by atoms with E-state index in [1.165, 1.54) is 0 Å². The van der Waals surface area contributed by atoms with Gasteiger partial charge < -0.3 is 19.9 Å². The molecule has 32 heavy (non-hydrogen) atoms. The predicted molar refractivity (Wildman–Crippen MR) is 128 cm³/mol. The minimum atomic E-state index is -0.333. The van der Waals surface area contributed by atoms with E-state index in [0.717, 1.165) is 48.7 Å². The van der Waals surface area contributed by atoms with Crippen LogP contribution < -0.4 is 15.0 Å². The van der Waals surface area contributed by atoms with Crippen molar-refractivity contribution in [3.05, 3.63) is 94.0 Å². The van der Waals surface area contributed by atoms with Gasteiger partial charge >= 0.3 is 0 Å². The first-order chi connectivity index (χ1) is 15.6. The van der Waals surface area contributed by atoms with Crippen LogP contribution in [0.3, 0.4) is 0 Å². The number of para-hydroxylation sites is 1. The van der Waals surface area contributed by atoms with Crippen LogP contribution in [0.5, 0.6) is 5.75 Å². The largest absolute Gasteiger partial charge is 0.496 e.